The molecule has 0 aliphatic carbocycles. The third-order valence-corrected chi connectivity index (χ3v) is 1.44. The van der Waals surface area contributed by atoms with E-state index in [0.717, 1.165) is 11.6 Å². The molecule has 0 N–H and O–H groups in total. The third-order valence-electron chi connectivity index (χ3n) is 1.44. The Morgan fingerprint density at radius 3 is 2.58 bits per heavy atom. The van der Waals surface area contributed by atoms with Crippen molar-refractivity contribution < 1.29 is 9.59 Å². The van der Waals surface area contributed by atoms with Crippen LogP contribution in [0.1, 0.15) is 5.56 Å². The van der Waals surface area contributed by atoms with Crippen molar-refractivity contribution in [3.05, 3.63) is 42.0 Å². The van der Waals surface area contributed by atoms with Gasteiger partial charge in [-0.1, -0.05) is 30.3 Å². The topological polar surface area (TPSA) is 34.1 Å². The van der Waals surface area contributed by atoms with E-state index in [0.29, 0.717) is 0 Å². The zero-order chi connectivity index (χ0) is 8.81. The van der Waals surface area contributed by atoms with Crippen molar-refractivity contribution in [1.82, 2.24) is 0 Å². The molecule has 1 aromatic rings. The van der Waals surface area contributed by atoms with Gasteiger partial charge < -0.3 is 0 Å². The highest BCUT2D eigenvalue weighted by Gasteiger charge is 1.97. The second-order valence-electron chi connectivity index (χ2n) is 2.39. The van der Waals surface area contributed by atoms with Crippen molar-refractivity contribution in [1.29, 1.82) is 0 Å². The maximum atomic E-state index is 10.9. The molecule has 0 atom stereocenters. The van der Waals surface area contributed by atoms with Gasteiger partial charge in [0, 0.05) is 6.42 Å². The molecule has 0 bridgehead atoms. The Kier molecular flexibility index (Phi) is 3.00. The molecular weight excluding hydrogens is 152 g/mol. The molecule has 60 valence electrons. The summed E-state index contributed by atoms with van der Waals surface area (Å²) in [5.41, 5.74) is 0.911. The third kappa shape index (κ3) is 2.52. The summed E-state index contributed by atoms with van der Waals surface area (Å²) in [7, 11) is 0. The maximum absolute atomic E-state index is 10.9. The van der Waals surface area contributed by atoms with Gasteiger partial charge in [-0.25, -0.2) is 4.79 Å². The minimum atomic E-state index is -0.212. The Morgan fingerprint density at radius 2 is 2.00 bits per heavy atom. The molecule has 0 saturated carbocycles. The SMILES string of the molecule is O=C=CC(=O)Cc1ccccc1. The molecule has 0 spiro atoms. The van der Waals surface area contributed by atoms with Gasteiger partial charge in [-0.3, -0.25) is 4.79 Å². The van der Waals surface area contributed by atoms with E-state index in [1.807, 2.05) is 30.3 Å². The first-order valence-corrected chi connectivity index (χ1v) is 3.60. The molecule has 0 radical (unpaired) electrons. The van der Waals surface area contributed by atoms with Gasteiger partial charge >= 0.3 is 0 Å². The van der Waals surface area contributed by atoms with Gasteiger partial charge in [0.05, 0.1) is 6.08 Å². The lowest BCUT2D eigenvalue weighted by molar-refractivity contribution is -0.113. The predicted molar refractivity (Wildman–Crippen MR) is 45.4 cm³/mol. The molecular formula is C10H8O2. The summed E-state index contributed by atoms with van der Waals surface area (Å²) in [6, 6.07) is 9.27. The van der Waals surface area contributed by atoms with Gasteiger partial charge in [0.25, 0.3) is 0 Å². The van der Waals surface area contributed by atoms with E-state index in [9.17, 15) is 9.59 Å². The quantitative estimate of drug-likeness (QED) is 0.491. The number of hydrogen-bond acceptors (Lipinski definition) is 2. The first kappa shape index (κ1) is 8.44. The van der Waals surface area contributed by atoms with Gasteiger partial charge in [0.15, 0.2) is 5.78 Å². The van der Waals surface area contributed by atoms with Crippen LogP contribution in [0.4, 0.5) is 0 Å². The fourth-order valence-electron chi connectivity index (χ4n) is 0.914. The molecule has 1 aromatic carbocycles. The molecule has 0 unspecified atom stereocenters. The van der Waals surface area contributed by atoms with E-state index in [-0.39, 0.29) is 12.2 Å². The number of carbonyl (C=O) groups excluding carboxylic acids is 2. The van der Waals surface area contributed by atoms with Gasteiger partial charge in [0.2, 0.25) is 0 Å². The van der Waals surface area contributed by atoms with Gasteiger partial charge in [-0.2, -0.15) is 0 Å². The lowest BCUT2D eigenvalue weighted by Gasteiger charge is -1.93. The monoisotopic (exact) mass is 160 g/mol. The number of hydrogen-bond donors (Lipinski definition) is 0. The zero-order valence-electron chi connectivity index (χ0n) is 6.49. The molecule has 0 heterocycles. The highest BCUT2D eigenvalue weighted by Crippen LogP contribution is 1.99. The highest BCUT2D eigenvalue weighted by molar-refractivity contribution is 5.97. The van der Waals surface area contributed by atoms with E-state index in [1.54, 1.807) is 0 Å². The molecule has 0 fully saturated rings. The summed E-state index contributed by atoms with van der Waals surface area (Å²) in [6.45, 7) is 0. The smallest absolute Gasteiger partial charge is 0.170 e. The number of ketones is 1. The van der Waals surface area contributed by atoms with Crippen LogP contribution in [0, 0.1) is 0 Å². The van der Waals surface area contributed by atoms with Gasteiger partial charge in [0.1, 0.15) is 5.94 Å². The lowest BCUT2D eigenvalue weighted by Crippen LogP contribution is -1.97. The number of rotatable bonds is 3. The average molecular weight is 160 g/mol. The summed E-state index contributed by atoms with van der Waals surface area (Å²) in [5.74, 6) is 1.25. The van der Waals surface area contributed by atoms with Crippen LogP contribution in [0.15, 0.2) is 36.4 Å². The lowest BCUT2D eigenvalue weighted by atomic mass is 10.1. The fourth-order valence-corrected chi connectivity index (χ4v) is 0.914. The number of allylic oxidation sites excluding steroid dienone is 1. The average Bonchev–Trinajstić information content (AvgIpc) is 2.06. The molecule has 12 heavy (non-hydrogen) atoms. The fraction of sp³-hybridized carbons (Fsp3) is 0.100. The molecule has 0 saturated heterocycles. The zero-order valence-corrected chi connectivity index (χ0v) is 6.49. The van der Waals surface area contributed by atoms with Crippen molar-refractivity contribution in [2.24, 2.45) is 0 Å². The van der Waals surface area contributed by atoms with E-state index in [2.05, 4.69) is 0 Å². The molecule has 2 heteroatoms. The summed E-state index contributed by atoms with van der Waals surface area (Å²) in [5, 5.41) is 0. The largest absolute Gasteiger partial charge is 0.294 e. The second-order valence-corrected chi connectivity index (χ2v) is 2.39. The summed E-state index contributed by atoms with van der Waals surface area (Å²) < 4.78 is 0. The van der Waals surface area contributed by atoms with E-state index in [1.165, 1.54) is 5.94 Å². The Hall–Kier alpha value is -1.66. The standard InChI is InChI=1S/C10H8O2/c11-7-6-10(12)8-9-4-2-1-3-5-9/h1-6H,8H2. The van der Waals surface area contributed by atoms with Crippen LogP contribution in [-0.4, -0.2) is 11.7 Å². The van der Waals surface area contributed by atoms with Crippen molar-refractivity contribution >= 4 is 11.7 Å². The molecule has 0 amide bonds. The van der Waals surface area contributed by atoms with Gasteiger partial charge in [-0.15, -0.1) is 0 Å². The van der Waals surface area contributed by atoms with Crippen molar-refractivity contribution in [2.75, 3.05) is 0 Å². The van der Waals surface area contributed by atoms with Crippen LogP contribution in [0.5, 0.6) is 0 Å². The van der Waals surface area contributed by atoms with Crippen LogP contribution in [-0.2, 0) is 16.0 Å². The van der Waals surface area contributed by atoms with Crippen LogP contribution in [0.3, 0.4) is 0 Å². The maximum Gasteiger partial charge on any atom is 0.170 e. The summed E-state index contributed by atoms with van der Waals surface area (Å²) >= 11 is 0. The van der Waals surface area contributed by atoms with Crippen LogP contribution >= 0.6 is 0 Å². The predicted octanol–water partition coefficient (Wildman–Crippen LogP) is 1.19. The number of benzene rings is 1. The Bertz CT molecular complexity index is 308. The van der Waals surface area contributed by atoms with E-state index < -0.39 is 0 Å². The Morgan fingerprint density at radius 1 is 1.33 bits per heavy atom. The first-order valence-electron chi connectivity index (χ1n) is 3.60. The molecule has 0 aromatic heterocycles. The Balaban J connectivity index is 2.64. The molecule has 1 rings (SSSR count). The van der Waals surface area contributed by atoms with Crippen LogP contribution in [0.25, 0.3) is 0 Å². The highest BCUT2D eigenvalue weighted by atomic mass is 16.1. The van der Waals surface area contributed by atoms with Crippen molar-refractivity contribution in [3.63, 3.8) is 0 Å². The summed E-state index contributed by atoms with van der Waals surface area (Å²) in [4.78, 5) is 20.7. The van der Waals surface area contributed by atoms with E-state index in [4.69, 9.17) is 0 Å². The van der Waals surface area contributed by atoms with Crippen LogP contribution in [0.2, 0.25) is 0 Å². The number of carbonyl (C=O) groups is 1. The minimum Gasteiger partial charge on any atom is -0.294 e. The molecule has 0 aliphatic rings. The second kappa shape index (κ2) is 4.27. The normalized spacial score (nSPS) is 8.67. The van der Waals surface area contributed by atoms with E-state index >= 15 is 0 Å². The van der Waals surface area contributed by atoms with Crippen LogP contribution < -0.4 is 0 Å². The molecule has 0 aliphatic heterocycles. The molecule has 2 nitrogen and oxygen atoms in total. The van der Waals surface area contributed by atoms with Gasteiger partial charge in [-0.05, 0) is 5.56 Å². The van der Waals surface area contributed by atoms with Crippen molar-refractivity contribution in [3.8, 4) is 0 Å². The summed E-state index contributed by atoms with van der Waals surface area (Å²) in [6.07, 6.45) is 1.20. The first-order chi connectivity index (χ1) is 5.83. The van der Waals surface area contributed by atoms with Crippen molar-refractivity contribution in [2.45, 2.75) is 6.42 Å². The minimum absolute atomic E-state index is 0.212. The Labute approximate surface area is 70.5 Å².